The summed E-state index contributed by atoms with van der Waals surface area (Å²) >= 11 is 0. The highest BCUT2D eigenvalue weighted by atomic mass is 16.6. The van der Waals surface area contributed by atoms with Crippen LogP contribution in [0.1, 0.15) is 71.3 Å². The molecule has 6 nitrogen and oxygen atoms in total. The molecule has 3 aliphatic rings. The van der Waals surface area contributed by atoms with Gasteiger partial charge in [-0.15, -0.1) is 0 Å². The Balaban J connectivity index is 1.50. The third-order valence-corrected chi connectivity index (χ3v) is 7.25. The topological polar surface area (TPSA) is 70.1 Å². The number of aliphatic carboxylic acids is 1. The number of carbonyl (C=O) groups is 2. The van der Waals surface area contributed by atoms with Crippen LogP contribution in [0.5, 0.6) is 0 Å². The van der Waals surface area contributed by atoms with Crippen molar-refractivity contribution in [1.82, 2.24) is 9.80 Å². The van der Waals surface area contributed by atoms with Gasteiger partial charge in [-0.1, -0.05) is 30.3 Å². The first-order valence-electron chi connectivity index (χ1n) is 11.6. The lowest BCUT2D eigenvalue weighted by atomic mass is 9.96. The summed E-state index contributed by atoms with van der Waals surface area (Å²) in [4.78, 5) is 29.2. The monoisotopic (exact) mass is 428 g/mol. The van der Waals surface area contributed by atoms with Gasteiger partial charge >= 0.3 is 12.1 Å². The number of carbonyl (C=O) groups excluding carboxylic acids is 1. The summed E-state index contributed by atoms with van der Waals surface area (Å²) in [5.41, 5.74) is -0.0933. The molecule has 3 atom stereocenters. The summed E-state index contributed by atoms with van der Waals surface area (Å²) in [7, 11) is 0. The van der Waals surface area contributed by atoms with Crippen molar-refractivity contribution in [3.05, 3.63) is 35.9 Å². The molecule has 0 radical (unpaired) electrons. The number of carboxylic acid groups (broad SMARTS) is 1. The molecule has 3 fully saturated rings. The number of amides is 1. The maximum absolute atomic E-state index is 13.2. The van der Waals surface area contributed by atoms with Crippen molar-refractivity contribution in [1.29, 1.82) is 0 Å². The molecule has 1 aromatic carbocycles. The van der Waals surface area contributed by atoms with E-state index in [9.17, 15) is 14.7 Å². The Kier molecular flexibility index (Phi) is 5.57. The van der Waals surface area contributed by atoms with Gasteiger partial charge in [0.2, 0.25) is 0 Å². The van der Waals surface area contributed by atoms with Crippen LogP contribution in [0.15, 0.2) is 30.3 Å². The third kappa shape index (κ3) is 4.74. The van der Waals surface area contributed by atoms with E-state index >= 15 is 0 Å². The van der Waals surface area contributed by atoms with E-state index in [1.54, 1.807) is 0 Å². The van der Waals surface area contributed by atoms with Crippen molar-refractivity contribution < 1.29 is 19.4 Å². The molecule has 170 valence electrons. The van der Waals surface area contributed by atoms with Crippen LogP contribution in [0.4, 0.5) is 4.79 Å². The van der Waals surface area contributed by atoms with E-state index in [4.69, 9.17) is 4.74 Å². The molecule has 1 N–H and O–H groups in total. The highest BCUT2D eigenvalue weighted by Gasteiger charge is 2.55. The van der Waals surface area contributed by atoms with Crippen molar-refractivity contribution >= 4 is 12.1 Å². The van der Waals surface area contributed by atoms with E-state index in [-0.39, 0.29) is 17.6 Å². The van der Waals surface area contributed by atoms with E-state index in [0.29, 0.717) is 18.9 Å². The largest absolute Gasteiger partial charge is 0.480 e. The molecule has 2 aliphatic carbocycles. The number of hydrogen-bond acceptors (Lipinski definition) is 4. The van der Waals surface area contributed by atoms with E-state index in [2.05, 4.69) is 17.0 Å². The Morgan fingerprint density at radius 1 is 1.19 bits per heavy atom. The summed E-state index contributed by atoms with van der Waals surface area (Å²) in [6, 6.07) is 10.5. The second-order valence-corrected chi connectivity index (χ2v) is 11.0. The Bertz CT molecular complexity index is 830. The van der Waals surface area contributed by atoms with Crippen LogP contribution in [-0.2, 0) is 9.53 Å². The van der Waals surface area contributed by atoms with Gasteiger partial charge in [0.05, 0.1) is 0 Å². The number of benzene rings is 1. The van der Waals surface area contributed by atoms with Gasteiger partial charge in [-0.2, -0.15) is 0 Å². The smallest absolute Gasteiger partial charge is 0.410 e. The average molecular weight is 429 g/mol. The number of nitrogens with zero attached hydrogens (tertiary/aromatic N) is 2. The van der Waals surface area contributed by atoms with E-state index in [0.717, 1.165) is 38.8 Å². The molecule has 0 bridgehead atoms. The van der Waals surface area contributed by atoms with Crippen molar-refractivity contribution in [2.24, 2.45) is 5.41 Å². The lowest BCUT2D eigenvalue weighted by Crippen LogP contribution is -2.52. The van der Waals surface area contributed by atoms with Gasteiger partial charge in [-0.3, -0.25) is 9.69 Å². The molecule has 6 heteroatoms. The zero-order chi connectivity index (χ0) is 22.4. The highest BCUT2D eigenvalue weighted by molar-refractivity contribution is 5.78. The first-order chi connectivity index (χ1) is 14.5. The van der Waals surface area contributed by atoms with Crippen LogP contribution in [-0.4, -0.2) is 63.8 Å². The minimum Gasteiger partial charge on any atom is -0.480 e. The lowest BCUT2D eigenvalue weighted by Gasteiger charge is -2.36. The molecule has 4 rings (SSSR count). The fourth-order valence-corrected chi connectivity index (χ4v) is 5.05. The summed E-state index contributed by atoms with van der Waals surface area (Å²) in [6.45, 7) is 9.74. The van der Waals surface area contributed by atoms with Gasteiger partial charge in [0.15, 0.2) is 0 Å². The number of ether oxygens (including phenoxy) is 1. The van der Waals surface area contributed by atoms with Crippen LogP contribution in [0.3, 0.4) is 0 Å². The van der Waals surface area contributed by atoms with Crippen LogP contribution < -0.4 is 0 Å². The summed E-state index contributed by atoms with van der Waals surface area (Å²) in [6.07, 6.45) is 4.36. The molecule has 0 aromatic heterocycles. The predicted octanol–water partition coefficient (Wildman–Crippen LogP) is 4.50. The zero-order valence-corrected chi connectivity index (χ0v) is 19.3. The fraction of sp³-hybridized carbons (Fsp3) is 0.680. The molecule has 31 heavy (non-hydrogen) atoms. The second-order valence-electron chi connectivity index (χ2n) is 11.0. The molecule has 1 heterocycles. The highest BCUT2D eigenvalue weighted by Crippen LogP contribution is 2.52. The standard InChI is InChI=1S/C25H36N2O4/c1-23(2,3)31-22(30)27(20-15-19(20)18-9-6-5-7-10-18)17-25(12-13-25)16-26-14-8-11-24(26,4)21(28)29/h5-7,9-10,19-20H,8,11-17H2,1-4H3,(H,28,29)/t19-,20+,24-/m0/s1. The molecule has 1 saturated heterocycles. The molecule has 2 saturated carbocycles. The maximum atomic E-state index is 13.2. The second kappa shape index (κ2) is 7.80. The third-order valence-electron chi connectivity index (χ3n) is 7.25. The van der Waals surface area contributed by atoms with Crippen LogP contribution in [0.2, 0.25) is 0 Å². The molecular formula is C25H36N2O4. The predicted molar refractivity (Wildman–Crippen MR) is 119 cm³/mol. The number of likely N-dealkylation sites (tertiary alicyclic amines) is 1. The van der Waals surface area contributed by atoms with E-state index in [1.807, 2.05) is 50.8 Å². The van der Waals surface area contributed by atoms with Gasteiger partial charge in [-0.05, 0) is 71.9 Å². The molecule has 1 amide bonds. The van der Waals surface area contributed by atoms with Crippen LogP contribution >= 0.6 is 0 Å². The van der Waals surface area contributed by atoms with Crippen molar-refractivity contribution in [3.63, 3.8) is 0 Å². The van der Waals surface area contributed by atoms with Crippen molar-refractivity contribution in [2.45, 2.75) is 82.9 Å². The Hall–Kier alpha value is -2.08. The molecule has 0 unspecified atom stereocenters. The lowest BCUT2D eigenvalue weighted by molar-refractivity contribution is -0.149. The SMILES string of the molecule is CC(C)(C)OC(=O)N(CC1(CN2CCC[C@@]2(C)C(=O)O)CC1)[C@@H]1C[C@H]1c1ccccc1. The maximum Gasteiger partial charge on any atom is 0.410 e. The molecule has 1 aromatic rings. The summed E-state index contributed by atoms with van der Waals surface area (Å²) < 4.78 is 5.79. The van der Waals surface area contributed by atoms with Crippen LogP contribution in [0.25, 0.3) is 0 Å². The number of hydrogen-bond donors (Lipinski definition) is 1. The summed E-state index contributed by atoms with van der Waals surface area (Å²) in [5, 5.41) is 9.79. The minimum atomic E-state index is -0.793. The quantitative estimate of drug-likeness (QED) is 0.692. The van der Waals surface area contributed by atoms with Crippen LogP contribution in [0, 0.1) is 5.41 Å². The average Bonchev–Trinajstić information content (AvgIpc) is 3.59. The van der Waals surface area contributed by atoms with Crippen molar-refractivity contribution in [2.75, 3.05) is 19.6 Å². The molecular weight excluding hydrogens is 392 g/mol. The Labute approximate surface area is 185 Å². The number of carboxylic acids is 1. The zero-order valence-electron chi connectivity index (χ0n) is 19.3. The van der Waals surface area contributed by atoms with Gasteiger partial charge in [0.1, 0.15) is 11.1 Å². The van der Waals surface area contributed by atoms with Gasteiger partial charge < -0.3 is 14.7 Å². The Morgan fingerprint density at radius 2 is 1.87 bits per heavy atom. The first-order valence-corrected chi connectivity index (χ1v) is 11.6. The van der Waals surface area contributed by atoms with Gasteiger partial charge in [0.25, 0.3) is 0 Å². The van der Waals surface area contributed by atoms with E-state index < -0.39 is 17.1 Å². The molecule has 0 spiro atoms. The normalized spacial score (nSPS) is 29.4. The minimum absolute atomic E-state index is 0.0260. The summed E-state index contributed by atoms with van der Waals surface area (Å²) in [5.74, 6) is -0.392. The van der Waals surface area contributed by atoms with E-state index in [1.165, 1.54) is 5.56 Å². The van der Waals surface area contributed by atoms with Gasteiger partial charge in [0, 0.05) is 30.5 Å². The molecule has 1 aliphatic heterocycles. The number of rotatable bonds is 7. The van der Waals surface area contributed by atoms with Crippen molar-refractivity contribution in [3.8, 4) is 0 Å². The first kappa shape index (κ1) is 22.1. The fourth-order valence-electron chi connectivity index (χ4n) is 5.05. The Morgan fingerprint density at radius 3 is 2.45 bits per heavy atom. The van der Waals surface area contributed by atoms with Gasteiger partial charge in [-0.25, -0.2) is 4.79 Å².